The summed E-state index contributed by atoms with van der Waals surface area (Å²) in [6.45, 7) is 13.9. The average molecular weight is 279 g/mol. The molecule has 3 N–H and O–H groups in total. The van der Waals surface area contributed by atoms with Crippen molar-refractivity contribution in [1.82, 2.24) is 5.32 Å². The van der Waals surface area contributed by atoms with Gasteiger partial charge in [-0.05, 0) is 19.6 Å². The van der Waals surface area contributed by atoms with Gasteiger partial charge in [-0.1, -0.05) is 19.6 Å². The molecule has 0 atom stereocenters. The number of hydrogen-bond donors (Lipinski definition) is 2. The highest BCUT2D eigenvalue weighted by atomic mass is 28.4. The minimum atomic E-state index is -1.57. The number of carbonyl (C=O) groups excluding carboxylic acids is 2. The van der Waals surface area contributed by atoms with Crippen molar-refractivity contribution in [2.24, 2.45) is 5.73 Å². The van der Waals surface area contributed by atoms with Crippen LogP contribution in [0.1, 0.15) is 6.92 Å². The normalized spacial score (nSPS) is 11.0. The number of carbonyl (C=O) groups is 2. The van der Waals surface area contributed by atoms with Crippen LogP contribution in [-0.4, -0.2) is 34.6 Å². The zero-order valence-electron chi connectivity index (χ0n) is 12.0. The molecule has 0 radical (unpaired) electrons. The molecule has 5 nitrogen and oxygen atoms in total. The fourth-order valence-electron chi connectivity index (χ4n) is 0.783. The van der Waals surface area contributed by atoms with Crippen LogP contribution >= 0.6 is 0 Å². The molecule has 0 rings (SSSR count). The molecule has 0 aromatic carbocycles. The Balaban J connectivity index is 0. The van der Waals surface area contributed by atoms with Crippen molar-refractivity contribution in [1.29, 1.82) is 0 Å². The van der Waals surface area contributed by atoms with Crippen molar-refractivity contribution in [3.63, 3.8) is 0 Å². The van der Waals surface area contributed by atoms with Crippen LogP contribution in [0.4, 0.5) is 4.79 Å². The number of urea groups is 1. The van der Waals surface area contributed by atoms with Crippen molar-refractivity contribution in [3.05, 3.63) is 0 Å². The minimum absolute atomic E-state index is 0.163. The van der Waals surface area contributed by atoms with Crippen molar-refractivity contribution < 1.29 is 14.0 Å². The van der Waals surface area contributed by atoms with Gasteiger partial charge in [-0.3, -0.25) is 4.79 Å². The molecule has 2 amide bonds. The average Bonchev–Trinajstić information content (AvgIpc) is 1.95. The molecule has 0 fully saturated rings. The third kappa shape index (κ3) is 25.4. The maximum atomic E-state index is 10.3. The Morgan fingerprint density at radius 1 is 1.12 bits per heavy atom. The summed E-state index contributed by atoms with van der Waals surface area (Å²) in [4.78, 5) is 20.5. The van der Waals surface area contributed by atoms with Crippen molar-refractivity contribution >= 4 is 28.4 Å². The number of rotatable bonds is 3. The first kappa shape index (κ1) is 18.5. The first-order valence-corrected chi connectivity index (χ1v) is 12.7. The fourth-order valence-corrected chi connectivity index (χ4v) is 2.35. The zero-order chi connectivity index (χ0) is 14.3. The zero-order valence-corrected chi connectivity index (χ0v) is 14.0. The topological polar surface area (TPSA) is 81.4 Å². The summed E-state index contributed by atoms with van der Waals surface area (Å²) >= 11 is 0. The molecule has 0 aliphatic heterocycles. The Bertz CT molecular complexity index is 257. The monoisotopic (exact) mass is 278 g/mol. The summed E-state index contributed by atoms with van der Waals surface area (Å²) < 4.78 is 4.94. The van der Waals surface area contributed by atoms with E-state index in [-0.39, 0.29) is 5.97 Å². The Hall–Kier alpha value is -0.826. The van der Waals surface area contributed by atoms with Gasteiger partial charge in [-0.15, -0.1) is 0 Å². The predicted octanol–water partition coefficient (Wildman–Crippen LogP) is 1.92. The smallest absolute Gasteiger partial charge is 0.311 e. The van der Waals surface area contributed by atoms with Crippen LogP contribution in [0.2, 0.25) is 39.3 Å². The standard InChI is InChI=1S/C5H14N2OSi.C5H12O2Si/c1-9(2,3)4-7-5(6)8;1-5(6)7-8(2,3)4/h4H2,1-3H3,(H3,6,7,8);1-4H3. The summed E-state index contributed by atoms with van der Waals surface area (Å²) in [7, 11) is -2.70. The van der Waals surface area contributed by atoms with Gasteiger partial charge in [-0.2, -0.15) is 0 Å². The summed E-state index contributed by atoms with van der Waals surface area (Å²) in [5.41, 5.74) is 4.87. The lowest BCUT2D eigenvalue weighted by Crippen LogP contribution is -2.42. The molecular formula is C10H26N2O3Si2. The van der Waals surface area contributed by atoms with Gasteiger partial charge in [-0.25, -0.2) is 4.79 Å². The van der Waals surface area contributed by atoms with E-state index < -0.39 is 22.4 Å². The molecule has 0 aromatic rings. The number of hydrogen-bond acceptors (Lipinski definition) is 3. The third-order valence-corrected chi connectivity index (χ3v) is 3.38. The molecule has 0 saturated carbocycles. The highest BCUT2D eigenvalue weighted by Crippen LogP contribution is 2.01. The van der Waals surface area contributed by atoms with Gasteiger partial charge in [0.2, 0.25) is 8.32 Å². The van der Waals surface area contributed by atoms with E-state index in [2.05, 4.69) is 25.0 Å². The molecular weight excluding hydrogens is 252 g/mol. The summed E-state index contributed by atoms with van der Waals surface area (Å²) in [6, 6.07) is -0.419. The maximum absolute atomic E-state index is 10.3. The quantitative estimate of drug-likeness (QED) is 0.774. The lowest BCUT2D eigenvalue weighted by molar-refractivity contribution is -0.132. The van der Waals surface area contributed by atoms with Crippen molar-refractivity contribution in [2.45, 2.75) is 46.2 Å². The Kier molecular flexibility index (Phi) is 8.17. The van der Waals surface area contributed by atoms with Crippen LogP contribution in [0.3, 0.4) is 0 Å². The number of primary amides is 1. The molecule has 7 heteroatoms. The molecule has 0 aromatic heterocycles. The summed E-state index contributed by atoms with van der Waals surface area (Å²) in [5.74, 6) is -0.163. The van der Waals surface area contributed by atoms with Gasteiger partial charge in [0.05, 0.1) is 8.07 Å². The van der Waals surface area contributed by atoms with E-state index in [9.17, 15) is 9.59 Å². The van der Waals surface area contributed by atoms with Gasteiger partial charge in [0.1, 0.15) is 0 Å². The van der Waals surface area contributed by atoms with Crippen molar-refractivity contribution in [3.8, 4) is 0 Å². The fraction of sp³-hybridized carbons (Fsp3) is 0.800. The second-order valence-electron chi connectivity index (χ2n) is 5.98. The molecule has 0 bridgehead atoms. The molecule has 0 aliphatic carbocycles. The second kappa shape index (κ2) is 7.49. The van der Waals surface area contributed by atoms with Gasteiger partial charge < -0.3 is 15.5 Å². The Morgan fingerprint density at radius 3 is 1.59 bits per heavy atom. The van der Waals surface area contributed by atoms with E-state index >= 15 is 0 Å². The van der Waals surface area contributed by atoms with Crippen LogP contribution in [0.15, 0.2) is 0 Å². The molecule has 102 valence electrons. The lowest BCUT2D eigenvalue weighted by Gasteiger charge is -2.14. The van der Waals surface area contributed by atoms with E-state index in [0.717, 1.165) is 6.17 Å². The first-order valence-electron chi connectivity index (χ1n) is 5.56. The van der Waals surface area contributed by atoms with E-state index in [1.165, 1.54) is 6.92 Å². The largest absolute Gasteiger partial charge is 0.520 e. The molecule has 0 spiro atoms. The van der Waals surface area contributed by atoms with E-state index in [0.29, 0.717) is 0 Å². The number of nitrogens with one attached hydrogen (secondary N) is 1. The maximum Gasteiger partial charge on any atom is 0.311 e. The molecule has 0 unspecified atom stereocenters. The molecule has 0 saturated heterocycles. The highest BCUT2D eigenvalue weighted by Gasteiger charge is 2.16. The predicted molar refractivity (Wildman–Crippen MR) is 76.0 cm³/mol. The van der Waals surface area contributed by atoms with Gasteiger partial charge in [0.15, 0.2) is 0 Å². The molecule has 17 heavy (non-hydrogen) atoms. The summed E-state index contributed by atoms with van der Waals surface area (Å²) in [6.07, 6.45) is 0.766. The third-order valence-electron chi connectivity index (χ3n) is 1.24. The number of nitrogens with two attached hydrogens (primary N) is 1. The van der Waals surface area contributed by atoms with E-state index in [4.69, 9.17) is 10.2 Å². The first-order chi connectivity index (χ1) is 7.33. The number of amides is 2. The molecule has 0 heterocycles. The van der Waals surface area contributed by atoms with Crippen LogP contribution < -0.4 is 11.1 Å². The highest BCUT2D eigenvalue weighted by molar-refractivity contribution is 6.76. The Morgan fingerprint density at radius 2 is 1.53 bits per heavy atom. The van der Waals surface area contributed by atoms with Crippen molar-refractivity contribution in [2.75, 3.05) is 6.17 Å². The minimum Gasteiger partial charge on any atom is -0.520 e. The van der Waals surface area contributed by atoms with Crippen LogP contribution in [-0.2, 0) is 9.22 Å². The van der Waals surface area contributed by atoms with Gasteiger partial charge >= 0.3 is 6.03 Å². The molecule has 0 aliphatic rings. The summed E-state index contributed by atoms with van der Waals surface area (Å²) in [5, 5.41) is 2.59. The van der Waals surface area contributed by atoms with Crippen LogP contribution in [0.25, 0.3) is 0 Å². The van der Waals surface area contributed by atoms with Gasteiger partial charge in [0, 0.05) is 13.1 Å². The lowest BCUT2D eigenvalue weighted by atomic mass is 10.9. The van der Waals surface area contributed by atoms with E-state index in [1.54, 1.807) is 0 Å². The van der Waals surface area contributed by atoms with Crippen LogP contribution in [0, 0.1) is 0 Å². The van der Waals surface area contributed by atoms with Gasteiger partial charge in [0.25, 0.3) is 5.97 Å². The van der Waals surface area contributed by atoms with Crippen LogP contribution in [0.5, 0.6) is 0 Å². The Labute approximate surface area is 106 Å². The second-order valence-corrected chi connectivity index (χ2v) is 15.9. The van der Waals surface area contributed by atoms with E-state index in [1.807, 2.05) is 19.6 Å². The SMILES string of the molecule is CC(=O)O[Si](C)(C)C.C[Si](C)(C)CNC(N)=O.